The largest absolute Gasteiger partial charge is 0.496 e. The lowest BCUT2D eigenvalue weighted by Crippen LogP contribution is -2.43. The van der Waals surface area contributed by atoms with Crippen molar-refractivity contribution in [2.75, 3.05) is 7.11 Å². The molecule has 1 aromatic carbocycles. The Labute approximate surface area is 162 Å². The molecule has 7 nitrogen and oxygen atoms in total. The molecule has 0 radical (unpaired) electrons. The molecular weight excluding hydrogens is 390 g/mol. The molecule has 0 bridgehead atoms. The van der Waals surface area contributed by atoms with Crippen LogP contribution in [0.25, 0.3) is 10.6 Å². The van der Waals surface area contributed by atoms with E-state index in [-0.39, 0.29) is 16.9 Å². The molecule has 2 amide bonds. The fourth-order valence-corrected chi connectivity index (χ4v) is 3.20. The number of benzene rings is 1. The van der Waals surface area contributed by atoms with Crippen molar-refractivity contribution in [3.8, 4) is 16.3 Å². The minimum atomic E-state index is -0.741. The van der Waals surface area contributed by atoms with Crippen LogP contribution in [-0.4, -0.2) is 23.9 Å². The van der Waals surface area contributed by atoms with E-state index < -0.39 is 17.4 Å². The number of methoxy groups -OCH3 is 1. The number of nitrogens with one attached hydrogen (secondary N) is 3. The highest BCUT2D eigenvalue weighted by Crippen LogP contribution is 2.23. The zero-order chi connectivity index (χ0) is 19.4. The van der Waals surface area contributed by atoms with Crippen molar-refractivity contribution in [3.63, 3.8) is 0 Å². The minimum absolute atomic E-state index is 0.126. The lowest BCUT2D eigenvalue weighted by Gasteiger charge is -2.10. The van der Waals surface area contributed by atoms with E-state index in [1.807, 2.05) is 17.5 Å². The fourth-order valence-electron chi connectivity index (χ4n) is 2.33. The van der Waals surface area contributed by atoms with Crippen LogP contribution in [0.2, 0.25) is 5.02 Å². The predicted octanol–water partition coefficient (Wildman–Crippen LogP) is 2.84. The number of halogens is 1. The summed E-state index contributed by atoms with van der Waals surface area (Å²) >= 11 is 7.32. The number of hydrazine groups is 1. The first-order valence-corrected chi connectivity index (χ1v) is 8.97. The Morgan fingerprint density at radius 3 is 2.41 bits per heavy atom. The number of hydrogen-bond donors (Lipinski definition) is 3. The van der Waals surface area contributed by atoms with E-state index in [1.54, 1.807) is 6.07 Å². The van der Waals surface area contributed by atoms with Crippen LogP contribution in [0.3, 0.4) is 0 Å². The molecule has 3 rings (SSSR count). The average Bonchev–Trinajstić information content (AvgIpc) is 3.20. The third kappa shape index (κ3) is 4.18. The third-order valence-corrected chi connectivity index (χ3v) is 4.78. The number of hydrogen-bond acceptors (Lipinski definition) is 5. The van der Waals surface area contributed by atoms with Gasteiger partial charge in [-0.3, -0.25) is 25.2 Å². The van der Waals surface area contributed by atoms with Gasteiger partial charge in [-0.2, -0.15) is 0 Å². The maximum atomic E-state index is 12.2. The van der Waals surface area contributed by atoms with Crippen molar-refractivity contribution >= 4 is 34.8 Å². The second-order valence-electron chi connectivity index (χ2n) is 5.34. The van der Waals surface area contributed by atoms with Crippen molar-refractivity contribution in [2.45, 2.75) is 0 Å². The smallest absolute Gasteiger partial charge is 0.275 e. The molecular formula is C18H14ClN3O4S. The van der Waals surface area contributed by atoms with Crippen LogP contribution < -0.4 is 21.1 Å². The molecule has 138 valence electrons. The number of rotatable bonds is 4. The number of H-pyrrole nitrogens is 1. The molecule has 3 N–H and O–H groups in total. The summed E-state index contributed by atoms with van der Waals surface area (Å²) < 4.78 is 5.09. The van der Waals surface area contributed by atoms with Gasteiger partial charge in [0.25, 0.3) is 17.4 Å². The quantitative estimate of drug-likeness (QED) is 0.583. The summed E-state index contributed by atoms with van der Waals surface area (Å²) in [5.74, 6) is -1.09. The minimum Gasteiger partial charge on any atom is -0.496 e. The van der Waals surface area contributed by atoms with E-state index in [4.69, 9.17) is 16.3 Å². The Kier molecular flexibility index (Phi) is 5.58. The summed E-state index contributed by atoms with van der Waals surface area (Å²) in [5, 5.41) is 2.29. The molecule has 0 aliphatic heterocycles. The van der Waals surface area contributed by atoms with Gasteiger partial charge in [0.1, 0.15) is 11.3 Å². The number of thiophene rings is 1. The van der Waals surface area contributed by atoms with E-state index in [0.717, 1.165) is 4.88 Å². The van der Waals surface area contributed by atoms with Crippen LogP contribution in [-0.2, 0) is 0 Å². The normalized spacial score (nSPS) is 10.3. The lowest BCUT2D eigenvalue weighted by atomic mass is 10.2. The topological polar surface area (TPSA) is 100 Å². The van der Waals surface area contributed by atoms with Gasteiger partial charge in [0.05, 0.1) is 23.2 Å². The number of aromatic amines is 1. The summed E-state index contributed by atoms with van der Waals surface area (Å²) in [6, 6.07) is 11.2. The van der Waals surface area contributed by atoms with Crippen molar-refractivity contribution in [3.05, 3.63) is 74.3 Å². The van der Waals surface area contributed by atoms with Crippen LogP contribution in [0.4, 0.5) is 0 Å². The Balaban J connectivity index is 1.71. The number of carbonyl (C=O) groups excluding carboxylic acids is 2. The van der Waals surface area contributed by atoms with E-state index in [0.29, 0.717) is 10.7 Å². The van der Waals surface area contributed by atoms with Crippen LogP contribution in [0.15, 0.2) is 52.6 Å². The highest BCUT2D eigenvalue weighted by Gasteiger charge is 2.16. The number of pyridine rings is 1. The van der Waals surface area contributed by atoms with Crippen LogP contribution in [0.5, 0.6) is 5.75 Å². The molecule has 0 aliphatic carbocycles. The maximum absolute atomic E-state index is 12.2. The number of carbonyl (C=O) groups is 2. The molecule has 2 aromatic heterocycles. The van der Waals surface area contributed by atoms with Gasteiger partial charge in [0.15, 0.2) is 0 Å². The zero-order valence-electron chi connectivity index (χ0n) is 14.0. The second-order valence-corrected chi connectivity index (χ2v) is 6.73. The molecule has 0 saturated heterocycles. The van der Waals surface area contributed by atoms with Crippen molar-refractivity contribution in [1.29, 1.82) is 0 Å². The molecule has 0 atom stereocenters. The second kappa shape index (κ2) is 8.07. The Hall–Kier alpha value is -3.10. The van der Waals surface area contributed by atoms with Gasteiger partial charge in [0, 0.05) is 5.02 Å². The number of aromatic nitrogens is 1. The Morgan fingerprint density at radius 2 is 1.78 bits per heavy atom. The van der Waals surface area contributed by atoms with Gasteiger partial charge in [-0.25, -0.2) is 0 Å². The van der Waals surface area contributed by atoms with Gasteiger partial charge < -0.3 is 9.72 Å². The SMILES string of the molecule is COc1cc(Cl)ccc1C(=O)NNC(=O)c1ccc(-c2cccs2)[nH]c1=O. The van der Waals surface area contributed by atoms with Gasteiger partial charge >= 0.3 is 0 Å². The first kappa shape index (κ1) is 18.7. The van der Waals surface area contributed by atoms with Crippen LogP contribution in [0, 0.1) is 0 Å². The summed E-state index contributed by atoms with van der Waals surface area (Å²) in [6.45, 7) is 0. The molecule has 0 saturated carbocycles. The van der Waals surface area contributed by atoms with Gasteiger partial charge in [0.2, 0.25) is 0 Å². The summed E-state index contributed by atoms with van der Waals surface area (Å²) in [6.07, 6.45) is 0. The first-order chi connectivity index (χ1) is 13.0. The Bertz CT molecular complexity index is 1050. The van der Waals surface area contributed by atoms with Crippen molar-refractivity contribution < 1.29 is 14.3 Å². The third-order valence-electron chi connectivity index (χ3n) is 3.64. The Morgan fingerprint density at radius 1 is 1.07 bits per heavy atom. The molecule has 9 heteroatoms. The van der Waals surface area contributed by atoms with Crippen LogP contribution in [0.1, 0.15) is 20.7 Å². The lowest BCUT2D eigenvalue weighted by molar-refractivity contribution is 0.0844. The summed E-state index contributed by atoms with van der Waals surface area (Å²) in [5.41, 5.74) is 4.57. The van der Waals surface area contributed by atoms with Crippen LogP contribution >= 0.6 is 22.9 Å². The van der Waals surface area contributed by atoms with E-state index >= 15 is 0 Å². The van der Waals surface area contributed by atoms with E-state index in [1.165, 1.54) is 42.7 Å². The number of amides is 2. The standard InChI is InChI=1S/C18H14ClN3O4S/c1-26-14-9-10(19)4-5-11(14)17(24)21-22-18(25)12-6-7-13(20-16(12)23)15-3-2-8-27-15/h2-9H,1H3,(H,20,23)(H,21,24)(H,22,25). The van der Waals surface area contributed by atoms with Gasteiger partial charge in [-0.05, 0) is 41.8 Å². The highest BCUT2D eigenvalue weighted by atomic mass is 35.5. The molecule has 27 heavy (non-hydrogen) atoms. The molecule has 0 unspecified atom stereocenters. The summed E-state index contributed by atoms with van der Waals surface area (Å²) in [4.78, 5) is 40.1. The average molecular weight is 404 g/mol. The number of ether oxygens (including phenoxy) is 1. The van der Waals surface area contributed by atoms with E-state index in [2.05, 4.69) is 15.8 Å². The molecule has 0 fully saturated rings. The first-order valence-electron chi connectivity index (χ1n) is 7.71. The van der Waals surface area contributed by atoms with Gasteiger partial charge in [-0.15, -0.1) is 11.3 Å². The summed E-state index contributed by atoms with van der Waals surface area (Å²) in [7, 11) is 1.40. The molecule has 0 aliphatic rings. The van der Waals surface area contributed by atoms with Crippen molar-refractivity contribution in [2.24, 2.45) is 0 Å². The van der Waals surface area contributed by atoms with E-state index in [9.17, 15) is 14.4 Å². The predicted molar refractivity (Wildman–Crippen MR) is 103 cm³/mol. The maximum Gasteiger partial charge on any atom is 0.275 e. The van der Waals surface area contributed by atoms with Crippen molar-refractivity contribution in [1.82, 2.24) is 15.8 Å². The molecule has 0 spiro atoms. The molecule has 3 aromatic rings. The fraction of sp³-hybridized carbons (Fsp3) is 0.0556. The van der Waals surface area contributed by atoms with Gasteiger partial charge in [-0.1, -0.05) is 17.7 Å². The monoisotopic (exact) mass is 403 g/mol. The highest BCUT2D eigenvalue weighted by molar-refractivity contribution is 7.13. The molecule has 2 heterocycles. The zero-order valence-corrected chi connectivity index (χ0v) is 15.6.